The highest BCUT2D eigenvalue weighted by molar-refractivity contribution is 6.32. The quantitative estimate of drug-likeness (QED) is 0.122. The molecule has 4 aromatic carbocycles. The van der Waals surface area contributed by atoms with Crippen molar-refractivity contribution >= 4 is 62.9 Å². The zero-order valence-electron chi connectivity index (χ0n) is 36.0. The lowest BCUT2D eigenvalue weighted by molar-refractivity contribution is -0.274. The molecule has 68 heavy (non-hydrogen) atoms. The Morgan fingerprint density at radius 2 is 1.53 bits per heavy atom. The predicted molar refractivity (Wildman–Crippen MR) is 248 cm³/mol. The Morgan fingerprint density at radius 3 is 2.21 bits per heavy atom. The molecule has 0 spiro atoms. The molecule has 4 aromatic heterocycles. The van der Waals surface area contributed by atoms with Gasteiger partial charge in [-0.25, -0.2) is 19.9 Å². The molecule has 0 aliphatic carbocycles. The number of ether oxygens (including phenoxy) is 2. The van der Waals surface area contributed by atoms with Gasteiger partial charge in [-0.2, -0.15) is 13.2 Å². The van der Waals surface area contributed by atoms with E-state index in [1.165, 1.54) is 18.5 Å². The second-order valence-corrected chi connectivity index (χ2v) is 16.4. The van der Waals surface area contributed by atoms with Crippen molar-refractivity contribution in [1.82, 2.24) is 29.7 Å². The SMILES string of the molecule is CCc1nc2ccc(Cl)cn2c1C(=O)NCc1ccc(N2CCC(c3ccc(OC(F)(F)F)cc3)CC2)cc1.FC(F)(F)c1cnc(Oc2ccc(Nc3ncnc4ccccc34)cc2)c(Cl)c1. The van der Waals surface area contributed by atoms with E-state index in [4.69, 9.17) is 27.9 Å². The van der Waals surface area contributed by atoms with Crippen molar-refractivity contribution in [1.29, 1.82) is 0 Å². The highest BCUT2D eigenvalue weighted by atomic mass is 35.5. The second-order valence-electron chi connectivity index (χ2n) is 15.6. The van der Waals surface area contributed by atoms with Gasteiger partial charge in [0.25, 0.3) is 5.91 Å². The Bertz CT molecular complexity index is 3010. The number of piperidine rings is 1. The number of amides is 1. The Labute approximate surface area is 395 Å². The van der Waals surface area contributed by atoms with E-state index in [1.807, 2.05) is 43.3 Å². The van der Waals surface area contributed by atoms with E-state index in [-0.39, 0.29) is 28.5 Å². The molecule has 1 aliphatic heterocycles. The topological polar surface area (TPSA) is 119 Å². The van der Waals surface area contributed by atoms with E-state index < -0.39 is 18.1 Å². The number of imidazole rings is 1. The minimum Gasteiger partial charge on any atom is -0.438 e. The number of nitrogens with one attached hydrogen (secondary N) is 2. The molecule has 5 heterocycles. The Balaban J connectivity index is 0.000000192. The molecular weight excluding hydrogens is 933 g/mol. The number of aromatic nitrogens is 5. The Morgan fingerprint density at radius 1 is 0.824 bits per heavy atom. The van der Waals surface area contributed by atoms with Crippen LogP contribution in [0, 0.1) is 0 Å². The van der Waals surface area contributed by atoms with Gasteiger partial charge in [-0.15, -0.1) is 13.2 Å². The van der Waals surface area contributed by atoms with Crippen molar-refractivity contribution in [3.63, 3.8) is 0 Å². The lowest BCUT2D eigenvalue weighted by Crippen LogP contribution is -2.32. The molecule has 0 unspecified atom stereocenters. The van der Waals surface area contributed by atoms with Gasteiger partial charge in [-0.1, -0.05) is 66.5 Å². The first-order valence-electron chi connectivity index (χ1n) is 21.2. The molecule has 0 radical (unpaired) electrons. The van der Waals surface area contributed by atoms with Crippen LogP contribution in [0.25, 0.3) is 16.6 Å². The number of alkyl halides is 6. The maximum absolute atomic E-state index is 13.0. The fourth-order valence-electron chi connectivity index (χ4n) is 7.67. The highest BCUT2D eigenvalue weighted by Crippen LogP contribution is 2.36. The van der Waals surface area contributed by atoms with E-state index in [1.54, 1.807) is 59.1 Å². The minimum atomic E-state index is -4.68. The number of rotatable bonds is 11. The van der Waals surface area contributed by atoms with Gasteiger partial charge in [0, 0.05) is 48.8 Å². The van der Waals surface area contributed by atoms with Gasteiger partial charge >= 0.3 is 12.5 Å². The first kappa shape index (κ1) is 47.4. The van der Waals surface area contributed by atoms with Crippen molar-refractivity contribution < 1.29 is 40.6 Å². The van der Waals surface area contributed by atoms with Gasteiger partial charge in [0.15, 0.2) is 0 Å². The van der Waals surface area contributed by atoms with Crippen LogP contribution in [0.1, 0.15) is 58.6 Å². The van der Waals surface area contributed by atoms with Gasteiger partial charge in [0.1, 0.15) is 40.0 Å². The standard InChI is InChI=1S/C29H28ClF3N4O2.C20H12ClF3N4O/c1-2-25-27(37-18-22(30)7-12-26(37)35-25)28(38)34-17-19-3-8-23(9-4-19)36-15-13-21(14-16-36)20-5-10-24(11-6-20)39-29(31,32)33;21-16-9-12(20(22,23)24)10-25-19(16)29-14-7-5-13(6-8-14)28-18-15-3-1-2-4-17(15)26-11-27-18/h3-12,18,21H,2,13-17H2,1H3,(H,34,38);1-11H,(H,26,27,28). The number of fused-ring (bicyclic) bond motifs is 2. The molecule has 11 nitrogen and oxygen atoms in total. The normalized spacial score (nSPS) is 13.2. The third-order valence-electron chi connectivity index (χ3n) is 11.0. The summed E-state index contributed by atoms with van der Waals surface area (Å²) in [5.41, 5.74) is 5.62. The van der Waals surface area contributed by atoms with Gasteiger partial charge in [0.05, 0.1) is 21.8 Å². The number of carbonyl (C=O) groups excluding carboxylic acids is 1. The van der Waals surface area contributed by atoms with Crippen LogP contribution in [0.15, 0.2) is 134 Å². The van der Waals surface area contributed by atoms with E-state index >= 15 is 0 Å². The van der Waals surface area contributed by atoms with E-state index in [0.29, 0.717) is 47.1 Å². The largest absolute Gasteiger partial charge is 0.573 e. The van der Waals surface area contributed by atoms with Crippen LogP contribution >= 0.6 is 23.2 Å². The van der Waals surface area contributed by atoms with E-state index in [0.717, 1.165) is 71.1 Å². The summed E-state index contributed by atoms with van der Waals surface area (Å²) in [5.74, 6) is 0.800. The van der Waals surface area contributed by atoms with Gasteiger partial charge in [0.2, 0.25) is 5.88 Å². The molecule has 9 rings (SSSR count). The smallest absolute Gasteiger partial charge is 0.438 e. The van der Waals surface area contributed by atoms with Crippen molar-refractivity contribution in [2.75, 3.05) is 23.3 Å². The van der Waals surface area contributed by atoms with Gasteiger partial charge in [-0.05, 0) is 115 Å². The zero-order valence-corrected chi connectivity index (χ0v) is 37.5. The summed E-state index contributed by atoms with van der Waals surface area (Å²) in [4.78, 5) is 32.0. The number of aryl methyl sites for hydroxylation is 1. The molecule has 1 fully saturated rings. The Hall–Kier alpha value is -7.11. The van der Waals surface area contributed by atoms with Crippen molar-refractivity contribution in [2.45, 2.75) is 51.2 Å². The molecule has 1 saturated heterocycles. The molecule has 0 bridgehead atoms. The zero-order chi connectivity index (χ0) is 48.0. The molecule has 1 amide bonds. The third kappa shape index (κ3) is 11.7. The number of carbonyl (C=O) groups is 1. The van der Waals surface area contributed by atoms with Crippen molar-refractivity contribution in [3.8, 4) is 17.4 Å². The van der Waals surface area contributed by atoms with E-state index in [2.05, 4.69) is 52.3 Å². The van der Waals surface area contributed by atoms with Crippen LogP contribution in [0.2, 0.25) is 10.0 Å². The fraction of sp³-hybridized carbons (Fsp3) is 0.204. The van der Waals surface area contributed by atoms with Gasteiger partial charge < -0.3 is 25.0 Å². The number of hydrogen-bond donors (Lipinski definition) is 2. The third-order valence-corrected chi connectivity index (χ3v) is 11.5. The maximum Gasteiger partial charge on any atom is 0.573 e. The summed E-state index contributed by atoms with van der Waals surface area (Å²) in [6, 6.07) is 33.0. The van der Waals surface area contributed by atoms with Gasteiger partial charge in [-0.3, -0.25) is 9.20 Å². The summed E-state index contributed by atoms with van der Waals surface area (Å²) in [7, 11) is 0. The molecule has 0 atom stereocenters. The summed E-state index contributed by atoms with van der Waals surface area (Å²) in [6.45, 7) is 4.04. The summed E-state index contributed by atoms with van der Waals surface area (Å²) >= 11 is 12.0. The van der Waals surface area contributed by atoms with Crippen LogP contribution in [0.3, 0.4) is 0 Å². The first-order chi connectivity index (χ1) is 32.6. The first-order valence-corrected chi connectivity index (χ1v) is 22.0. The van der Waals surface area contributed by atoms with Crippen LogP contribution in [-0.4, -0.2) is 49.7 Å². The predicted octanol–water partition coefficient (Wildman–Crippen LogP) is 13.0. The van der Waals surface area contributed by atoms with Crippen molar-refractivity contribution in [2.24, 2.45) is 0 Å². The minimum absolute atomic E-state index is 0.109. The number of para-hydroxylation sites is 1. The highest BCUT2D eigenvalue weighted by Gasteiger charge is 2.32. The van der Waals surface area contributed by atoms with Crippen LogP contribution in [0.5, 0.6) is 17.4 Å². The van der Waals surface area contributed by atoms with Crippen LogP contribution in [0.4, 0.5) is 43.5 Å². The molecule has 8 aromatic rings. The van der Waals surface area contributed by atoms with E-state index in [9.17, 15) is 31.1 Å². The summed E-state index contributed by atoms with van der Waals surface area (Å²) in [6.07, 6.45) is -2.92. The number of anilines is 3. The van der Waals surface area contributed by atoms with Crippen molar-refractivity contribution in [3.05, 3.63) is 172 Å². The molecular formula is C49H40Cl2F6N8O3. The monoisotopic (exact) mass is 972 g/mol. The lowest BCUT2D eigenvalue weighted by atomic mass is 9.89. The summed E-state index contributed by atoms with van der Waals surface area (Å²) in [5, 5.41) is 7.38. The lowest BCUT2D eigenvalue weighted by Gasteiger charge is -2.34. The number of pyridine rings is 2. The Kier molecular flexibility index (Phi) is 14.2. The summed E-state index contributed by atoms with van der Waals surface area (Å²) < 4.78 is 86.5. The molecule has 1 aliphatic rings. The number of halogens is 8. The maximum atomic E-state index is 13.0. The molecule has 2 N–H and O–H groups in total. The number of nitrogens with zero attached hydrogens (tertiary/aromatic N) is 6. The number of hydrogen-bond acceptors (Lipinski definition) is 9. The fourth-order valence-corrected chi connectivity index (χ4v) is 8.04. The van der Waals surface area contributed by atoms with Crippen LogP contribution in [-0.2, 0) is 19.1 Å². The van der Waals surface area contributed by atoms with Crippen LogP contribution < -0.4 is 25.0 Å². The molecule has 350 valence electrons. The molecule has 19 heteroatoms. The average molecular weight is 974 g/mol. The average Bonchev–Trinajstić information content (AvgIpc) is 3.70. The molecule has 0 saturated carbocycles. The second kappa shape index (κ2) is 20.4. The number of benzene rings is 4.